The number of unbranched alkanes of at least 4 members (excludes halogenated alkanes) is 2. The Kier molecular flexibility index (Phi) is 3.88. The van der Waals surface area contributed by atoms with Crippen molar-refractivity contribution in [3.8, 4) is 0 Å². The zero-order chi connectivity index (χ0) is 10.7. The molecule has 0 radical (unpaired) electrons. The van der Waals surface area contributed by atoms with E-state index in [4.69, 9.17) is 0 Å². The summed E-state index contributed by atoms with van der Waals surface area (Å²) in [6.07, 6.45) is 15.2. The summed E-state index contributed by atoms with van der Waals surface area (Å²) in [4.78, 5) is 0. The van der Waals surface area contributed by atoms with Crippen LogP contribution in [0.25, 0.3) is 0 Å². The highest BCUT2D eigenvalue weighted by molar-refractivity contribution is 5.13. The predicted octanol–water partition coefficient (Wildman–Crippen LogP) is 4.81. The number of rotatable bonds is 6. The zero-order valence-electron chi connectivity index (χ0n) is 10.4. The molecule has 0 nitrogen and oxygen atoms in total. The molecular formula is C15H26. The van der Waals surface area contributed by atoms with Gasteiger partial charge in [0, 0.05) is 0 Å². The van der Waals surface area contributed by atoms with Gasteiger partial charge < -0.3 is 0 Å². The predicted molar refractivity (Wildman–Crippen MR) is 66.8 cm³/mol. The summed E-state index contributed by atoms with van der Waals surface area (Å²) in [5.41, 5.74) is 0. The van der Waals surface area contributed by atoms with E-state index in [0.717, 1.165) is 23.7 Å². The zero-order valence-corrected chi connectivity index (χ0v) is 10.4. The van der Waals surface area contributed by atoms with Crippen LogP contribution in [0.15, 0.2) is 12.2 Å². The molecule has 2 bridgehead atoms. The van der Waals surface area contributed by atoms with Gasteiger partial charge in [-0.05, 0) is 42.9 Å². The Hall–Kier alpha value is -0.260. The maximum absolute atomic E-state index is 2.52. The van der Waals surface area contributed by atoms with E-state index < -0.39 is 0 Å². The van der Waals surface area contributed by atoms with E-state index in [0.29, 0.717) is 0 Å². The number of allylic oxidation sites excluding steroid dienone is 2. The second-order valence-corrected chi connectivity index (χ2v) is 5.56. The molecule has 2 aliphatic rings. The number of hydrogen-bond acceptors (Lipinski definition) is 0. The Balaban J connectivity index is 1.91. The fourth-order valence-electron chi connectivity index (χ4n) is 3.76. The third-order valence-electron chi connectivity index (χ3n) is 4.58. The molecule has 0 aliphatic heterocycles. The fraction of sp³-hybridized carbons (Fsp3) is 0.867. The molecule has 15 heavy (non-hydrogen) atoms. The molecule has 0 N–H and O–H groups in total. The SMILES string of the molecule is CCCCC1C2C=CC(C2)C1CCCC. The average Bonchev–Trinajstić information content (AvgIpc) is 2.83. The van der Waals surface area contributed by atoms with Crippen LogP contribution in [0.3, 0.4) is 0 Å². The number of fused-ring (bicyclic) bond motifs is 2. The van der Waals surface area contributed by atoms with Gasteiger partial charge in [0.2, 0.25) is 0 Å². The summed E-state index contributed by atoms with van der Waals surface area (Å²) in [5.74, 6) is 4.02. The minimum Gasteiger partial charge on any atom is -0.0848 e. The Morgan fingerprint density at radius 1 is 0.867 bits per heavy atom. The van der Waals surface area contributed by atoms with Crippen molar-refractivity contribution in [1.82, 2.24) is 0 Å². The topological polar surface area (TPSA) is 0 Å². The molecule has 0 saturated heterocycles. The van der Waals surface area contributed by atoms with E-state index in [2.05, 4.69) is 26.0 Å². The lowest BCUT2D eigenvalue weighted by Crippen LogP contribution is -2.19. The van der Waals surface area contributed by atoms with Crippen LogP contribution in [-0.2, 0) is 0 Å². The van der Waals surface area contributed by atoms with Crippen LogP contribution >= 0.6 is 0 Å². The van der Waals surface area contributed by atoms with Crippen molar-refractivity contribution in [3.63, 3.8) is 0 Å². The molecular weight excluding hydrogens is 180 g/mol. The van der Waals surface area contributed by atoms with Gasteiger partial charge in [0.1, 0.15) is 0 Å². The highest BCUT2D eigenvalue weighted by atomic mass is 14.5. The lowest BCUT2D eigenvalue weighted by molar-refractivity contribution is 0.264. The van der Waals surface area contributed by atoms with Gasteiger partial charge in [-0.3, -0.25) is 0 Å². The third-order valence-corrected chi connectivity index (χ3v) is 4.58. The van der Waals surface area contributed by atoms with Crippen LogP contribution in [0.1, 0.15) is 58.8 Å². The number of hydrogen-bond donors (Lipinski definition) is 0. The van der Waals surface area contributed by atoms with Crippen LogP contribution in [0.5, 0.6) is 0 Å². The van der Waals surface area contributed by atoms with E-state index in [1.807, 2.05) is 0 Å². The molecule has 0 amide bonds. The van der Waals surface area contributed by atoms with Gasteiger partial charge >= 0.3 is 0 Å². The van der Waals surface area contributed by atoms with Gasteiger partial charge in [-0.15, -0.1) is 0 Å². The first-order valence-corrected chi connectivity index (χ1v) is 7.05. The normalized spacial score (nSPS) is 37.7. The first-order chi connectivity index (χ1) is 7.36. The quantitative estimate of drug-likeness (QED) is 0.547. The van der Waals surface area contributed by atoms with E-state index in [-0.39, 0.29) is 0 Å². The molecule has 0 aromatic carbocycles. The van der Waals surface area contributed by atoms with Crippen molar-refractivity contribution in [3.05, 3.63) is 12.2 Å². The molecule has 1 fully saturated rings. The Morgan fingerprint density at radius 2 is 1.33 bits per heavy atom. The van der Waals surface area contributed by atoms with Crippen molar-refractivity contribution >= 4 is 0 Å². The van der Waals surface area contributed by atoms with E-state index in [1.165, 1.54) is 44.9 Å². The highest BCUT2D eigenvalue weighted by Crippen LogP contribution is 2.51. The molecule has 1 saturated carbocycles. The fourth-order valence-corrected chi connectivity index (χ4v) is 3.76. The van der Waals surface area contributed by atoms with Gasteiger partial charge in [0.25, 0.3) is 0 Å². The van der Waals surface area contributed by atoms with Gasteiger partial charge in [0.15, 0.2) is 0 Å². The van der Waals surface area contributed by atoms with E-state index in [9.17, 15) is 0 Å². The molecule has 86 valence electrons. The van der Waals surface area contributed by atoms with Crippen molar-refractivity contribution < 1.29 is 0 Å². The first kappa shape index (κ1) is 11.2. The standard InChI is InChI=1S/C15H26/c1-3-5-7-14-12-9-10-13(11-12)15(14)8-6-4-2/h9-10,12-15H,3-8,11H2,1-2H3. The molecule has 0 spiro atoms. The summed E-state index contributed by atoms with van der Waals surface area (Å²) in [6.45, 7) is 4.65. The van der Waals surface area contributed by atoms with Crippen molar-refractivity contribution in [2.24, 2.45) is 23.7 Å². The Morgan fingerprint density at radius 3 is 1.73 bits per heavy atom. The van der Waals surface area contributed by atoms with Crippen LogP contribution in [0, 0.1) is 23.7 Å². The molecule has 4 atom stereocenters. The maximum atomic E-state index is 2.52. The van der Waals surface area contributed by atoms with Gasteiger partial charge in [-0.2, -0.15) is 0 Å². The van der Waals surface area contributed by atoms with Crippen molar-refractivity contribution in [1.29, 1.82) is 0 Å². The molecule has 0 aromatic rings. The molecule has 0 aromatic heterocycles. The third kappa shape index (κ3) is 2.29. The van der Waals surface area contributed by atoms with Gasteiger partial charge in [0.05, 0.1) is 0 Å². The summed E-state index contributed by atoms with van der Waals surface area (Å²) in [5, 5.41) is 0. The molecule has 2 rings (SSSR count). The monoisotopic (exact) mass is 206 g/mol. The molecule has 4 unspecified atom stereocenters. The lowest BCUT2D eigenvalue weighted by Gasteiger charge is -2.28. The summed E-state index contributed by atoms with van der Waals surface area (Å²) < 4.78 is 0. The lowest BCUT2D eigenvalue weighted by atomic mass is 9.77. The van der Waals surface area contributed by atoms with Crippen molar-refractivity contribution in [2.45, 2.75) is 58.8 Å². The minimum absolute atomic E-state index is 0.961. The van der Waals surface area contributed by atoms with Gasteiger partial charge in [-0.1, -0.05) is 51.7 Å². The summed E-state index contributed by atoms with van der Waals surface area (Å²) in [6, 6.07) is 0. The second kappa shape index (κ2) is 5.18. The first-order valence-electron chi connectivity index (χ1n) is 7.05. The Bertz CT molecular complexity index is 194. The highest BCUT2D eigenvalue weighted by Gasteiger charge is 2.42. The average molecular weight is 206 g/mol. The van der Waals surface area contributed by atoms with Crippen LogP contribution in [-0.4, -0.2) is 0 Å². The van der Waals surface area contributed by atoms with Crippen molar-refractivity contribution in [2.75, 3.05) is 0 Å². The molecule has 0 heteroatoms. The van der Waals surface area contributed by atoms with Crippen LogP contribution in [0.4, 0.5) is 0 Å². The summed E-state index contributed by atoms with van der Waals surface area (Å²) in [7, 11) is 0. The largest absolute Gasteiger partial charge is 0.0848 e. The second-order valence-electron chi connectivity index (χ2n) is 5.56. The smallest absolute Gasteiger partial charge is 0.0196 e. The summed E-state index contributed by atoms with van der Waals surface area (Å²) >= 11 is 0. The van der Waals surface area contributed by atoms with Crippen LogP contribution < -0.4 is 0 Å². The van der Waals surface area contributed by atoms with Gasteiger partial charge in [-0.25, -0.2) is 0 Å². The molecule has 2 aliphatic carbocycles. The Labute approximate surface area is 95.1 Å². The minimum atomic E-state index is 0.961. The molecule has 0 heterocycles. The maximum Gasteiger partial charge on any atom is -0.0196 e. The van der Waals surface area contributed by atoms with E-state index in [1.54, 1.807) is 0 Å². The van der Waals surface area contributed by atoms with E-state index >= 15 is 0 Å². The van der Waals surface area contributed by atoms with Crippen LogP contribution in [0.2, 0.25) is 0 Å².